The van der Waals surface area contributed by atoms with E-state index in [4.69, 9.17) is 19.1 Å². The zero-order valence-corrected chi connectivity index (χ0v) is 28.2. The molecule has 248 valence electrons. The Kier molecular flexibility index (Phi) is 37.6. The highest BCUT2D eigenvalue weighted by Crippen LogP contribution is 2.14. The van der Waals surface area contributed by atoms with Gasteiger partial charge in [0.15, 0.2) is 6.29 Å². The van der Waals surface area contributed by atoms with E-state index >= 15 is 0 Å². The Morgan fingerprint density at radius 1 is 0.366 bits per heavy atom. The van der Waals surface area contributed by atoms with Gasteiger partial charge in [-0.15, -0.1) is 0 Å². The molecule has 0 rings (SSSR count). The monoisotopic (exact) mass is 587 g/mol. The SMILES string of the molecule is CCCCCCCCCOC(CCCCCCOCCCCCCCCCCOOC)OCCCCCCCCC. The van der Waals surface area contributed by atoms with Crippen LogP contribution in [-0.4, -0.2) is 46.4 Å². The molecule has 0 saturated heterocycles. The Hall–Kier alpha value is -0.200. The lowest BCUT2D eigenvalue weighted by atomic mass is 10.1. The maximum absolute atomic E-state index is 6.21. The molecule has 0 aromatic heterocycles. The molecule has 0 radical (unpaired) electrons. The first-order valence-corrected chi connectivity index (χ1v) is 18.3. The van der Waals surface area contributed by atoms with E-state index < -0.39 is 0 Å². The van der Waals surface area contributed by atoms with Crippen LogP contribution in [0.15, 0.2) is 0 Å². The lowest BCUT2D eigenvalue weighted by molar-refractivity contribution is -0.272. The van der Waals surface area contributed by atoms with Gasteiger partial charge in [-0.1, -0.05) is 142 Å². The zero-order chi connectivity index (χ0) is 29.7. The fraction of sp³-hybridized carbons (Fsp3) is 1.00. The van der Waals surface area contributed by atoms with Crippen molar-refractivity contribution in [2.75, 3.05) is 40.1 Å². The minimum Gasteiger partial charge on any atom is -0.381 e. The van der Waals surface area contributed by atoms with Crippen molar-refractivity contribution in [3.05, 3.63) is 0 Å². The van der Waals surface area contributed by atoms with Crippen LogP contribution in [0.25, 0.3) is 0 Å². The summed E-state index contributed by atoms with van der Waals surface area (Å²) in [5, 5.41) is 0. The molecular weight excluding hydrogens is 512 g/mol. The van der Waals surface area contributed by atoms with Crippen LogP contribution < -0.4 is 0 Å². The van der Waals surface area contributed by atoms with Crippen molar-refractivity contribution in [2.24, 2.45) is 0 Å². The molecule has 0 unspecified atom stereocenters. The second-order valence-electron chi connectivity index (χ2n) is 12.0. The van der Waals surface area contributed by atoms with Crippen LogP contribution in [0.5, 0.6) is 0 Å². The first-order chi connectivity index (χ1) is 20.3. The van der Waals surface area contributed by atoms with Crippen LogP contribution in [0.2, 0.25) is 0 Å². The molecule has 0 bridgehead atoms. The van der Waals surface area contributed by atoms with E-state index in [9.17, 15) is 0 Å². The molecule has 0 fully saturated rings. The number of ether oxygens (including phenoxy) is 3. The van der Waals surface area contributed by atoms with Crippen LogP contribution in [-0.2, 0) is 24.0 Å². The van der Waals surface area contributed by atoms with Crippen molar-refractivity contribution >= 4 is 0 Å². The molecule has 0 aliphatic heterocycles. The third-order valence-corrected chi connectivity index (χ3v) is 7.97. The number of hydrogen-bond acceptors (Lipinski definition) is 5. The quantitative estimate of drug-likeness (QED) is 0.0313. The van der Waals surface area contributed by atoms with Gasteiger partial charge in [0.25, 0.3) is 0 Å². The molecule has 0 N–H and O–H groups in total. The number of rotatable bonds is 37. The Bertz CT molecular complexity index is 428. The third kappa shape index (κ3) is 35.9. The Morgan fingerprint density at radius 3 is 1.12 bits per heavy atom. The van der Waals surface area contributed by atoms with E-state index in [1.807, 2.05) is 0 Å². The van der Waals surface area contributed by atoms with Gasteiger partial charge in [-0.25, -0.2) is 9.78 Å². The van der Waals surface area contributed by atoms with Gasteiger partial charge in [-0.3, -0.25) is 0 Å². The summed E-state index contributed by atoms with van der Waals surface area (Å²) in [5.41, 5.74) is 0. The maximum atomic E-state index is 6.21. The Morgan fingerprint density at radius 2 is 0.707 bits per heavy atom. The van der Waals surface area contributed by atoms with Crippen molar-refractivity contribution in [1.82, 2.24) is 0 Å². The topological polar surface area (TPSA) is 46.2 Å². The fourth-order valence-electron chi connectivity index (χ4n) is 5.24. The largest absolute Gasteiger partial charge is 0.381 e. The average Bonchev–Trinajstić information content (AvgIpc) is 2.98. The number of hydrogen-bond donors (Lipinski definition) is 0. The first kappa shape index (κ1) is 40.8. The van der Waals surface area contributed by atoms with Crippen LogP contribution in [0.4, 0.5) is 0 Å². The molecule has 5 nitrogen and oxygen atoms in total. The van der Waals surface area contributed by atoms with Crippen molar-refractivity contribution in [1.29, 1.82) is 0 Å². The summed E-state index contributed by atoms with van der Waals surface area (Å²) < 4.78 is 18.3. The van der Waals surface area contributed by atoms with Crippen LogP contribution in [0.3, 0.4) is 0 Å². The summed E-state index contributed by atoms with van der Waals surface area (Å²) >= 11 is 0. The highest BCUT2D eigenvalue weighted by atomic mass is 17.2. The lowest BCUT2D eigenvalue weighted by Gasteiger charge is -2.19. The van der Waals surface area contributed by atoms with E-state index in [2.05, 4.69) is 18.7 Å². The van der Waals surface area contributed by atoms with Gasteiger partial charge in [-0.05, 0) is 44.9 Å². The van der Waals surface area contributed by atoms with Gasteiger partial charge < -0.3 is 14.2 Å². The summed E-state index contributed by atoms with van der Waals surface area (Å²) in [6.45, 7) is 8.83. The molecule has 0 aromatic carbocycles. The molecule has 41 heavy (non-hydrogen) atoms. The maximum Gasteiger partial charge on any atom is 0.157 e. The van der Waals surface area contributed by atoms with Crippen molar-refractivity contribution < 1.29 is 24.0 Å². The molecule has 0 aliphatic rings. The molecule has 0 atom stereocenters. The average molecular weight is 587 g/mol. The zero-order valence-electron chi connectivity index (χ0n) is 28.2. The summed E-state index contributed by atoms with van der Waals surface area (Å²) in [6, 6.07) is 0. The van der Waals surface area contributed by atoms with Gasteiger partial charge in [0.05, 0.1) is 13.7 Å². The number of unbranched alkanes of at least 4 members (excludes halogenated alkanes) is 22. The predicted molar refractivity (Wildman–Crippen MR) is 175 cm³/mol. The standard InChI is InChI=1S/C36H74O5/c1-4-6-8-10-14-20-27-33-39-36(40-34-28-21-15-11-9-7-5-2)30-24-18-23-26-32-38-31-25-19-16-12-13-17-22-29-35-41-37-3/h36H,4-35H2,1-3H3. The smallest absolute Gasteiger partial charge is 0.157 e. The molecular formula is C36H74O5. The van der Waals surface area contributed by atoms with E-state index in [1.54, 1.807) is 7.11 Å². The molecule has 0 aromatic rings. The molecule has 0 amide bonds. The van der Waals surface area contributed by atoms with Gasteiger partial charge in [0.1, 0.15) is 0 Å². The van der Waals surface area contributed by atoms with Gasteiger partial charge in [0, 0.05) is 26.4 Å². The first-order valence-electron chi connectivity index (χ1n) is 18.3. The van der Waals surface area contributed by atoms with E-state index in [0.717, 1.165) is 45.9 Å². The van der Waals surface area contributed by atoms with E-state index in [1.165, 1.54) is 161 Å². The predicted octanol–water partition coefficient (Wildman–Crippen LogP) is 11.5. The highest BCUT2D eigenvalue weighted by molar-refractivity contribution is 4.53. The normalized spacial score (nSPS) is 11.7. The summed E-state index contributed by atoms with van der Waals surface area (Å²) in [6.07, 6.45) is 34.6. The van der Waals surface area contributed by atoms with Gasteiger partial charge >= 0.3 is 0 Å². The summed E-state index contributed by atoms with van der Waals surface area (Å²) in [7, 11) is 1.57. The van der Waals surface area contributed by atoms with Gasteiger partial charge in [-0.2, -0.15) is 0 Å². The lowest BCUT2D eigenvalue weighted by Crippen LogP contribution is -2.19. The van der Waals surface area contributed by atoms with Crippen molar-refractivity contribution in [3.63, 3.8) is 0 Å². The van der Waals surface area contributed by atoms with Crippen LogP contribution >= 0.6 is 0 Å². The Labute approximate surface area is 257 Å². The molecule has 5 heteroatoms. The fourth-order valence-corrected chi connectivity index (χ4v) is 5.24. The van der Waals surface area contributed by atoms with E-state index in [-0.39, 0.29) is 6.29 Å². The highest BCUT2D eigenvalue weighted by Gasteiger charge is 2.09. The molecule has 0 heterocycles. The Balaban J connectivity index is 3.71. The summed E-state index contributed by atoms with van der Waals surface area (Å²) in [5.74, 6) is 0. The second kappa shape index (κ2) is 37.8. The van der Waals surface area contributed by atoms with Crippen molar-refractivity contribution in [2.45, 2.75) is 193 Å². The molecule has 0 saturated carbocycles. The minimum absolute atomic E-state index is 0.00360. The van der Waals surface area contributed by atoms with Crippen molar-refractivity contribution in [3.8, 4) is 0 Å². The van der Waals surface area contributed by atoms with Gasteiger partial charge in [0.2, 0.25) is 0 Å². The summed E-state index contributed by atoms with van der Waals surface area (Å²) in [4.78, 5) is 9.51. The van der Waals surface area contributed by atoms with Crippen LogP contribution in [0, 0.1) is 0 Å². The molecule has 0 aliphatic carbocycles. The second-order valence-corrected chi connectivity index (χ2v) is 12.0. The third-order valence-electron chi connectivity index (χ3n) is 7.97. The minimum atomic E-state index is -0.00360. The van der Waals surface area contributed by atoms with E-state index in [0.29, 0.717) is 0 Å². The molecule has 0 spiro atoms. The van der Waals surface area contributed by atoms with Crippen LogP contribution in [0.1, 0.15) is 187 Å².